The Balaban J connectivity index is 1.55. The first-order valence-electron chi connectivity index (χ1n) is 13.1. The van der Waals surface area contributed by atoms with Crippen molar-refractivity contribution >= 4 is 11.8 Å². The number of hydrogen-bond donors (Lipinski definition) is 0. The van der Waals surface area contributed by atoms with Crippen LogP contribution in [0.1, 0.15) is 33.6 Å². The summed E-state index contributed by atoms with van der Waals surface area (Å²) in [5, 5.41) is 0. The first kappa shape index (κ1) is 27.8. The van der Waals surface area contributed by atoms with Gasteiger partial charge in [0.1, 0.15) is 12.4 Å². The number of halogens is 1. The van der Waals surface area contributed by atoms with E-state index < -0.39 is 0 Å². The van der Waals surface area contributed by atoms with E-state index in [2.05, 4.69) is 4.57 Å². The van der Waals surface area contributed by atoms with Crippen LogP contribution in [0.25, 0.3) is 0 Å². The van der Waals surface area contributed by atoms with Crippen molar-refractivity contribution in [2.24, 2.45) is 0 Å². The monoisotopic (exact) mass is 527 g/mol. The largest absolute Gasteiger partial charge is 0.385 e. The van der Waals surface area contributed by atoms with Gasteiger partial charge in [-0.1, -0.05) is 60.7 Å². The second-order valence-corrected chi connectivity index (χ2v) is 9.43. The molecule has 0 aliphatic heterocycles. The predicted molar refractivity (Wildman–Crippen MR) is 149 cm³/mol. The molecule has 6 nitrogen and oxygen atoms in total. The molecule has 0 radical (unpaired) electrons. The van der Waals surface area contributed by atoms with Crippen molar-refractivity contribution in [3.8, 4) is 0 Å². The molecule has 0 unspecified atom stereocenters. The molecule has 0 aliphatic rings. The molecule has 0 saturated heterocycles. The van der Waals surface area contributed by atoms with Crippen molar-refractivity contribution in [2.75, 3.05) is 26.8 Å². The van der Waals surface area contributed by atoms with Crippen LogP contribution in [0.5, 0.6) is 0 Å². The number of carbonyl (C=O) groups excluding carboxylic acids is 2. The molecule has 7 heteroatoms. The summed E-state index contributed by atoms with van der Waals surface area (Å²) in [5.41, 5.74) is 3.46. The highest BCUT2D eigenvalue weighted by Crippen LogP contribution is 2.15. The Kier molecular flexibility index (Phi) is 10.0. The Morgan fingerprint density at radius 3 is 2.18 bits per heavy atom. The number of nitrogens with zero attached hydrogens (tertiary/aromatic N) is 3. The fraction of sp³-hybridized carbons (Fsp3) is 0.250. The molecule has 1 heterocycles. The summed E-state index contributed by atoms with van der Waals surface area (Å²) in [6.45, 7) is 2.21. The summed E-state index contributed by atoms with van der Waals surface area (Å²) in [4.78, 5) is 30.5. The first-order valence-corrected chi connectivity index (χ1v) is 13.1. The quantitative estimate of drug-likeness (QED) is 0.219. The number of rotatable bonds is 13. The number of aromatic nitrogens is 1. The van der Waals surface area contributed by atoms with E-state index in [-0.39, 0.29) is 24.2 Å². The summed E-state index contributed by atoms with van der Waals surface area (Å²) in [6.07, 6.45) is 2.58. The molecular formula is C32H34FN3O3. The highest BCUT2D eigenvalue weighted by atomic mass is 19.1. The number of amides is 2. The Bertz CT molecular complexity index is 1320. The van der Waals surface area contributed by atoms with Gasteiger partial charge < -0.3 is 19.1 Å². The SMILES string of the molecule is COCCCN(CC(=O)N(Cc1ccccc1)Cc1cccn1Cc1ccc(F)cc1)C(=O)c1ccccc1. The normalized spacial score (nSPS) is 10.8. The van der Waals surface area contributed by atoms with E-state index >= 15 is 0 Å². The molecule has 0 spiro atoms. The molecule has 4 rings (SSSR count). The smallest absolute Gasteiger partial charge is 0.254 e. The molecule has 3 aromatic carbocycles. The van der Waals surface area contributed by atoms with Gasteiger partial charge in [0, 0.05) is 50.8 Å². The summed E-state index contributed by atoms with van der Waals surface area (Å²) in [7, 11) is 1.62. The molecule has 0 N–H and O–H groups in total. The lowest BCUT2D eigenvalue weighted by atomic mass is 10.1. The Hall–Kier alpha value is -4.23. The topological polar surface area (TPSA) is 54.8 Å². The van der Waals surface area contributed by atoms with Gasteiger partial charge in [-0.25, -0.2) is 4.39 Å². The average Bonchev–Trinajstić information content (AvgIpc) is 3.40. The van der Waals surface area contributed by atoms with Crippen molar-refractivity contribution in [1.29, 1.82) is 0 Å². The van der Waals surface area contributed by atoms with Gasteiger partial charge in [0.15, 0.2) is 0 Å². The van der Waals surface area contributed by atoms with Gasteiger partial charge in [-0.05, 0) is 53.9 Å². The van der Waals surface area contributed by atoms with Gasteiger partial charge in [-0.15, -0.1) is 0 Å². The van der Waals surface area contributed by atoms with E-state index in [1.54, 1.807) is 41.2 Å². The number of hydrogen-bond acceptors (Lipinski definition) is 3. The van der Waals surface area contributed by atoms with Gasteiger partial charge in [0.25, 0.3) is 5.91 Å². The molecule has 202 valence electrons. The lowest BCUT2D eigenvalue weighted by Crippen LogP contribution is -2.43. The van der Waals surface area contributed by atoms with Crippen molar-refractivity contribution in [3.63, 3.8) is 0 Å². The van der Waals surface area contributed by atoms with Crippen molar-refractivity contribution in [1.82, 2.24) is 14.4 Å². The Morgan fingerprint density at radius 1 is 0.795 bits per heavy atom. The molecule has 2 amide bonds. The molecule has 0 bridgehead atoms. The second kappa shape index (κ2) is 14.1. The van der Waals surface area contributed by atoms with Gasteiger partial charge in [-0.2, -0.15) is 0 Å². The number of methoxy groups -OCH3 is 1. The van der Waals surface area contributed by atoms with Gasteiger partial charge >= 0.3 is 0 Å². The second-order valence-electron chi connectivity index (χ2n) is 9.43. The van der Waals surface area contributed by atoms with Crippen LogP contribution in [0.15, 0.2) is 103 Å². The summed E-state index contributed by atoms with van der Waals surface area (Å²) in [6, 6.07) is 29.2. The summed E-state index contributed by atoms with van der Waals surface area (Å²) >= 11 is 0. The third-order valence-electron chi connectivity index (χ3n) is 6.52. The fourth-order valence-corrected chi connectivity index (χ4v) is 4.44. The molecule has 0 saturated carbocycles. The zero-order valence-electron chi connectivity index (χ0n) is 22.2. The van der Waals surface area contributed by atoms with Crippen LogP contribution in [0, 0.1) is 5.82 Å². The van der Waals surface area contributed by atoms with Crippen LogP contribution in [0.4, 0.5) is 4.39 Å². The van der Waals surface area contributed by atoms with E-state index in [1.165, 1.54) is 12.1 Å². The van der Waals surface area contributed by atoms with Crippen molar-refractivity contribution in [3.05, 3.63) is 131 Å². The maximum absolute atomic E-state index is 13.8. The summed E-state index contributed by atoms with van der Waals surface area (Å²) in [5.74, 6) is -0.597. The Morgan fingerprint density at radius 2 is 1.49 bits per heavy atom. The molecule has 4 aromatic rings. The van der Waals surface area contributed by atoms with Crippen LogP contribution < -0.4 is 0 Å². The van der Waals surface area contributed by atoms with E-state index in [0.717, 1.165) is 16.8 Å². The highest BCUT2D eigenvalue weighted by molar-refractivity contribution is 5.96. The zero-order valence-corrected chi connectivity index (χ0v) is 22.2. The first-order chi connectivity index (χ1) is 19.0. The third kappa shape index (κ3) is 8.12. The molecule has 0 aliphatic carbocycles. The van der Waals surface area contributed by atoms with E-state index in [4.69, 9.17) is 4.74 Å². The van der Waals surface area contributed by atoms with E-state index in [1.807, 2.05) is 66.9 Å². The van der Waals surface area contributed by atoms with Crippen molar-refractivity contribution in [2.45, 2.75) is 26.1 Å². The average molecular weight is 528 g/mol. The molecule has 0 fully saturated rings. The highest BCUT2D eigenvalue weighted by Gasteiger charge is 2.23. The minimum Gasteiger partial charge on any atom is -0.385 e. The lowest BCUT2D eigenvalue weighted by molar-refractivity contribution is -0.133. The number of carbonyl (C=O) groups is 2. The van der Waals surface area contributed by atoms with Crippen LogP contribution >= 0.6 is 0 Å². The minimum absolute atomic E-state index is 0.0387. The summed E-state index contributed by atoms with van der Waals surface area (Å²) < 4.78 is 20.6. The van der Waals surface area contributed by atoms with Crippen LogP contribution in [-0.2, 0) is 29.2 Å². The number of benzene rings is 3. The Labute approximate surface area is 229 Å². The third-order valence-corrected chi connectivity index (χ3v) is 6.52. The van der Waals surface area contributed by atoms with E-state index in [0.29, 0.717) is 44.8 Å². The van der Waals surface area contributed by atoms with Crippen LogP contribution in [0.2, 0.25) is 0 Å². The maximum Gasteiger partial charge on any atom is 0.254 e. The van der Waals surface area contributed by atoms with Gasteiger partial charge in [-0.3, -0.25) is 9.59 Å². The standard InChI is InChI=1S/C32H34FN3O3/c1-39-21-9-20-35(32(38)28-12-6-3-7-13-28)25-31(37)36(23-26-10-4-2-5-11-26)24-30-14-8-19-34(30)22-27-15-17-29(33)18-16-27/h2-8,10-19H,9,20-25H2,1H3. The van der Waals surface area contributed by atoms with Crippen LogP contribution in [0.3, 0.4) is 0 Å². The van der Waals surface area contributed by atoms with E-state index in [9.17, 15) is 14.0 Å². The zero-order chi connectivity index (χ0) is 27.5. The lowest BCUT2D eigenvalue weighted by Gasteiger charge is -2.28. The molecule has 0 atom stereocenters. The van der Waals surface area contributed by atoms with Gasteiger partial charge in [0.2, 0.25) is 5.91 Å². The van der Waals surface area contributed by atoms with Crippen LogP contribution in [-0.4, -0.2) is 53.0 Å². The van der Waals surface area contributed by atoms with Gasteiger partial charge in [0.05, 0.1) is 6.54 Å². The molecule has 1 aromatic heterocycles. The molecular weight excluding hydrogens is 493 g/mol. The number of ether oxygens (including phenoxy) is 1. The molecule has 39 heavy (non-hydrogen) atoms. The van der Waals surface area contributed by atoms with Crippen molar-refractivity contribution < 1.29 is 18.7 Å². The predicted octanol–water partition coefficient (Wildman–Crippen LogP) is 5.38. The minimum atomic E-state index is -0.272. The maximum atomic E-state index is 13.8. The fourth-order valence-electron chi connectivity index (χ4n) is 4.44.